The average molecular weight is 475 g/mol. The van der Waals surface area contributed by atoms with Gasteiger partial charge in [-0.05, 0) is 64.5 Å². The summed E-state index contributed by atoms with van der Waals surface area (Å²) in [5.41, 5.74) is 2.03. The number of ether oxygens (including phenoxy) is 1. The largest absolute Gasteiger partial charge is 0.497 e. The Balaban J connectivity index is 1.75. The minimum atomic E-state index is -0.398. The van der Waals surface area contributed by atoms with Crippen LogP contribution < -0.4 is 15.6 Å². The van der Waals surface area contributed by atoms with Crippen molar-refractivity contribution in [3.63, 3.8) is 0 Å². The van der Waals surface area contributed by atoms with Gasteiger partial charge in [-0.15, -0.1) is 5.10 Å². The smallest absolute Gasteiger partial charge is 0.293 e. The van der Waals surface area contributed by atoms with Crippen LogP contribution in [0, 0.1) is 0 Å². The van der Waals surface area contributed by atoms with E-state index in [1.54, 1.807) is 29.8 Å². The van der Waals surface area contributed by atoms with Crippen molar-refractivity contribution in [1.82, 2.24) is 24.6 Å². The van der Waals surface area contributed by atoms with E-state index in [0.717, 1.165) is 21.2 Å². The molecule has 0 unspecified atom stereocenters. The van der Waals surface area contributed by atoms with Crippen molar-refractivity contribution in [3.05, 3.63) is 81.7 Å². The van der Waals surface area contributed by atoms with Gasteiger partial charge in [-0.1, -0.05) is 12.1 Å². The van der Waals surface area contributed by atoms with Gasteiger partial charge in [0.2, 0.25) is 5.95 Å². The normalized spacial score (nSPS) is 11.0. The summed E-state index contributed by atoms with van der Waals surface area (Å²) < 4.78 is 7.68. The van der Waals surface area contributed by atoms with E-state index in [0.29, 0.717) is 22.9 Å². The molecule has 3 aromatic heterocycles. The Labute approximate surface area is 184 Å². The SMILES string of the molecule is COc1ccc(-c2nc3c4c(Br)cccc4nc(Nc4ccccnc4=O)n3n2)cc1. The monoisotopic (exact) mass is 474 g/mol. The van der Waals surface area contributed by atoms with Gasteiger partial charge in [0.25, 0.3) is 5.56 Å². The first-order chi connectivity index (χ1) is 15.1. The summed E-state index contributed by atoms with van der Waals surface area (Å²) in [5, 5.41) is 8.56. The lowest BCUT2D eigenvalue weighted by Gasteiger charge is -2.08. The highest BCUT2D eigenvalue weighted by molar-refractivity contribution is 9.10. The summed E-state index contributed by atoms with van der Waals surface area (Å²) in [7, 11) is 1.62. The summed E-state index contributed by atoms with van der Waals surface area (Å²) in [4.78, 5) is 25.6. The number of halogens is 1. The van der Waals surface area contributed by atoms with Crippen LogP contribution in [0.1, 0.15) is 0 Å². The third kappa shape index (κ3) is 3.49. The maximum atomic E-state index is 12.3. The van der Waals surface area contributed by atoms with Crippen LogP contribution in [0.25, 0.3) is 27.9 Å². The number of methoxy groups -OCH3 is 1. The molecule has 1 N–H and O–H groups in total. The summed E-state index contributed by atoms with van der Waals surface area (Å²) in [6, 6.07) is 18.3. The van der Waals surface area contributed by atoms with E-state index in [9.17, 15) is 4.79 Å². The van der Waals surface area contributed by atoms with Gasteiger partial charge in [-0.2, -0.15) is 4.52 Å². The van der Waals surface area contributed by atoms with E-state index < -0.39 is 5.56 Å². The molecular formula is C22H15BrN6O2. The number of nitrogens with one attached hydrogen (secondary N) is 1. The van der Waals surface area contributed by atoms with Crippen LogP contribution in [0.15, 0.2) is 76.1 Å². The number of fused-ring (bicyclic) bond motifs is 3. The molecule has 0 saturated carbocycles. The standard InChI is InChI=1S/C22H15BrN6O2/c1-31-14-10-8-13(9-11-14)19-27-20-18-15(23)5-4-7-16(18)25-22(29(20)28-19)26-17-6-2-3-12-24-21(17)30/h2-12H,1H3,(H,24,25,26,30). The second-order valence-corrected chi connectivity index (χ2v) is 7.50. The van der Waals surface area contributed by atoms with E-state index in [4.69, 9.17) is 9.72 Å². The second-order valence-electron chi connectivity index (χ2n) is 6.64. The molecule has 0 aliphatic carbocycles. The zero-order valence-electron chi connectivity index (χ0n) is 16.3. The molecule has 31 heavy (non-hydrogen) atoms. The molecule has 5 rings (SSSR count). The molecule has 3 heterocycles. The molecule has 0 aliphatic rings. The van der Waals surface area contributed by atoms with Crippen LogP contribution in [0.2, 0.25) is 0 Å². The van der Waals surface area contributed by atoms with E-state index in [-0.39, 0.29) is 5.69 Å². The van der Waals surface area contributed by atoms with E-state index in [1.807, 2.05) is 42.5 Å². The topological polar surface area (TPSA) is 94.3 Å². The van der Waals surface area contributed by atoms with Gasteiger partial charge in [0, 0.05) is 16.2 Å². The molecule has 152 valence electrons. The van der Waals surface area contributed by atoms with E-state index >= 15 is 0 Å². The van der Waals surface area contributed by atoms with Gasteiger partial charge in [0.15, 0.2) is 11.5 Å². The minimum absolute atomic E-state index is 0.287. The maximum Gasteiger partial charge on any atom is 0.293 e. The lowest BCUT2D eigenvalue weighted by molar-refractivity contribution is 0.415. The Morgan fingerprint density at radius 3 is 2.65 bits per heavy atom. The highest BCUT2D eigenvalue weighted by Crippen LogP contribution is 2.30. The molecule has 0 radical (unpaired) electrons. The molecule has 0 saturated heterocycles. The van der Waals surface area contributed by atoms with Crippen LogP contribution >= 0.6 is 15.9 Å². The maximum absolute atomic E-state index is 12.3. The molecule has 9 heteroatoms. The van der Waals surface area contributed by atoms with Crippen molar-refractivity contribution in [2.75, 3.05) is 12.4 Å². The molecule has 0 aliphatic heterocycles. The summed E-state index contributed by atoms with van der Waals surface area (Å²) >= 11 is 3.59. The summed E-state index contributed by atoms with van der Waals surface area (Å²) in [5.74, 6) is 1.63. The van der Waals surface area contributed by atoms with Crippen molar-refractivity contribution in [2.24, 2.45) is 0 Å². The Morgan fingerprint density at radius 2 is 1.84 bits per heavy atom. The number of hydrogen-bond acceptors (Lipinski definition) is 7. The first kappa shape index (κ1) is 19.1. The number of rotatable bonds is 4. The predicted molar refractivity (Wildman–Crippen MR) is 122 cm³/mol. The number of aromatic nitrogens is 5. The Kier molecular flexibility index (Phi) is 4.79. The van der Waals surface area contributed by atoms with Crippen molar-refractivity contribution in [2.45, 2.75) is 0 Å². The number of benzene rings is 2. The lowest BCUT2D eigenvalue weighted by atomic mass is 10.2. The van der Waals surface area contributed by atoms with Gasteiger partial charge in [-0.25, -0.2) is 15.0 Å². The Morgan fingerprint density at radius 1 is 1.00 bits per heavy atom. The van der Waals surface area contributed by atoms with Gasteiger partial charge in [0.05, 0.1) is 18.0 Å². The van der Waals surface area contributed by atoms with Crippen molar-refractivity contribution < 1.29 is 4.74 Å². The van der Waals surface area contributed by atoms with Crippen molar-refractivity contribution in [1.29, 1.82) is 0 Å². The van der Waals surface area contributed by atoms with Gasteiger partial charge in [0.1, 0.15) is 11.4 Å². The number of nitrogens with zero attached hydrogens (tertiary/aromatic N) is 5. The zero-order valence-corrected chi connectivity index (χ0v) is 17.9. The molecule has 0 spiro atoms. The second kappa shape index (κ2) is 7.77. The molecule has 2 aromatic carbocycles. The van der Waals surface area contributed by atoms with Crippen LogP contribution in [0.4, 0.5) is 11.6 Å². The zero-order chi connectivity index (χ0) is 21.4. The molecular weight excluding hydrogens is 460 g/mol. The van der Waals surface area contributed by atoms with Crippen molar-refractivity contribution in [3.8, 4) is 17.1 Å². The summed E-state index contributed by atoms with van der Waals surface area (Å²) in [6.45, 7) is 0. The summed E-state index contributed by atoms with van der Waals surface area (Å²) in [6.07, 6.45) is 1.45. The molecule has 0 fully saturated rings. The van der Waals surface area contributed by atoms with Crippen LogP contribution in [0.5, 0.6) is 5.75 Å². The molecule has 8 nitrogen and oxygen atoms in total. The predicted octanol–water partition coefficient (Wildman–Crippen LogP) is 4.21. The molecule has 0 bridgehead atoms. The molecule has 0 atom stereocenters. The third-order valence-corrected chi connectivity index (χ3v) is 5.39. The Hall–Kier alpha value is -3.85. The Bertz CT molecular complexity index is 1480. The van der Waals surface area contributed by atoms with Gasteiger partial charge in [-0.3, -0.25) is 4.79 Å². The number of hydrogen-bond donors (Lipinski definition) is 1. The van der Waals surface area contributed by atoms with Crippen molar-refractivity contribution >= 4 is 44.1 Å². The fourth-order valence-electron chi connectivity index (χ4n) is 3.22. The quantitative estimate of drug-likeness (QED) is 0.416. The molecule has 0 amide bonds. The average Bonchev–Trinajstić information content (AvgIpc) is 3.13. The fraction of sp³-hybridized carbons (Fsp3) is 0.0455. The van der Waals surface area contributed by atoms with Crippen LogP contribution in [-0.2, 0) is 0 Å². The van der Waals surface area contributed by atoms with E-state index in [2.05, 4.69) is 36.3 Å². The van der Waals surface area contributed by atoms with E-state index in [1.165, 1.54) is 6.20 Å². The highest BCUT2D eigenvalue weighted by atomic mass is 79.9. The minimum Gasteiger partial charge on any atom is -0.497 e. The third-order valence-electron chi connectivity index (χ3n) is 4.73. The fourth-order valence-corrected chi connectivity index (χ4v) is 3.76. The first-order valence-corrected chi connectivity index (χ1v) is 10.1. The lowest BCUT2D eigenvalue weighted by Crippen LogP contribution is -2.11. The van der Waals surface area contributed by atoms with Crippen LogP contribution in [0.3, 0.4) is 0 Å². The van der Waals surface area contributed by atoms with Gasteiger partial charge < -0.3 is 10.1 Å². The van der Waals surface area contributed by atoms with Gasteiger partial charge >= 0.3 is 0 Å². The molecule has 5 aromatic rings. The number of anilines is 2. The van der Waals surface area contributed by atoms with Crippen LogP contribution in [-0.4, -0.2) is 31.7 Å². The highest BCUT2D eigenvalue weighted by Gasteiger charge is 2.17. The first-order valence-electron chi connectivity index (χ1n) is 9.36.